The molecule has 0 aliphatic heterocycles. The molecule has 1 radical (unpaired) electrons. The molecule has 1 aromatic rings. The molecule has 0 spiro atoms. The minimum Gasteiger partial charge on any atom is -0.379 e. The molecular weight excluding hydrogens is 188 g/mol. The van der Waals surface area contributed by atoms with Crippen LogP contribution in [-0.4, -0.2) is 26.4 Å². The molecule has 1 rings (SSSR count). The van der Waals surface area contributed by atoms with Crippen LogP contribution in [0.4, 0.5) is 0 Å². The number of hydrogen-bond donors (Lipinski definition) is 0. The fourth-order valence-electron chi connectivity index (χ4n) is 1.33. The Balaban J connectivity index is 1.93. The van der Waals surface area contributed by atoms with Gasteiger partial charge in [0.2, 0.25) is 0 Å². The summed E-state index contributed by atoms with van der Waals surface area (Å²) in [6.45, 7) is 4.98. The van der Waals surface area contributed by atoms with E-state index in [2.05, 4.69) is 18.2 Å². The van der Waals surface area contributed by atoms with Gasteiger partial charge < -0.3 is 9.47 Å². The van der Waals surface area contributed by atoms with Crippen LogP contribution in [0, 0.1) is 6.07 Å². The third-order valence-electron chi connectivity index (χ3n) is 2.12. The quantitative estimate of drug-likeness (QED) is 0.610. The zero-order chi connectivity index (χ0) is 10.8. The highest BCUT2D eigenvalue weighted by Crippen LogP contribution is 2.01. The summed E-state index contributed by atoms with van der Waals surface area (Å²) in [5, 5.41) is 0. The summed E-state index contributed by atoms with van der Waals surface area (Å²) in [5.41, 5.74) is 1.35. The second-order valence-corrected chi connectivity index (χ2v) is 3.32. The van der Waals surface area contributed by atoms with Crippen LogP contribution in [0.2, 0.25) is 0 Å². The topological polar surface area (TPSA) is 18.5 Å². The van der Waals surface area contributed by atoms with E-state index in [9.17, 15) is 0 Å². The van der Waals surface area contributed by atoms with Gasteiger partial charge in [0.15, 0.2) is 0 Å². The molecule has 0 aliphatic carbocycles. The van der Waals surface area contributed by atoms with Gasteiger partial charge in [-0.05, 0) is 31.4 Å². The monoisotopic (exact) mass is 207 g/mol. The van der Waals surface area contributed by atoms with E-state index in [1.165, 1.54) is 5.56 Å². The van der Waals surface area contributed by atoms with Crippen molar-refractivity contribution < 1.29 is 9.47 Å². The highest BCUT2D eigenvalue weighted by Gasteiger charge is 1.92. The molecule has 0 unspecified atom stereocenters. The maximum atomic E-state index is 5.42. The lowest BCUT2D eigenvalue weighted by atomic mass is 10.1. The highest BCUT2D eigenvalue weighted by atomic mass is 16.5. The summed E-state index contributed by atoms with van der Waals surface area (Å²) in [5.74, 6) is 0. The zero-order valence-electron chi connectivity index (χ0n) is 9.37. The molecular formula is C13H19O2. The van der Waals surface area contributed by atoms with Crippen molar-refractivity contribution >= 4 is 0 Å². The second kappa shape index (κ2) is 8.45. The minimum absolute atomic E-state index is 0.705. The number of aryl methyl sites for hydroxylation is 1. The van der Waals surface area contributed by atoms with E-state index < -0.39 is 0 Å². The van der Waals surface area contributed by atoms with Crippen molar-refractivity contribution in [3.63, 3.8) is 0 Å². The van der Waals surface area contributed by atoms with Crippen LogP contribution < -0.4 is 0 Å². The van der Waals surface area contributed by atoms with Crippen molar-refractivity contribution in [2.24, 2.45) is 0 Å². The summed E-state index contributed by atoms with van der Waals surface area (Å²) >= 11 is 0. The fraction of sp³-hybridized carbons (Fsp3) is 0.538. The van der Waals surface area contributed by atoms with Gasteiger partial charge in [-0.3, -0.25) is 0 Å². The van der Waals surface area contributed by atoms with Gasteiger partial charge in [0.1, 0.15) is 0 Å². The molecule has 0 bridgehead atoms. The molecule has 0 N–H and O–H groups in total. The predicted molar refractivity (Wildman–Crippen MR) is 60.9 cm³/mol. The van der Waals surface area contributed by atoms with Gasteiger partial charge in [0.05, 0.1) is 13.2 Å². The molecule has 0 amide bonds. The number of rotatable bonds is 8. The Bertz CT molecular complexity index is 234. The van der Waals surface area contributed by atoms with E-state index in [1.807, 2.05) is 19.1 Å². The first-order chi connectivity index (χ1) is 7.43. The standard InChI is InChI=1S/C13H19O2/c1-2-14-11-12-15-10-6-9-13-7-4-3-5-8-13/h4-5,7-8H,2,6,9-12H2,1H3. The summed E-state index contributed by atoms with van der Waals surface area (Å²) in [6, 6.07) is 11.1. The first kappa shape index (κ1) is 12.2. The first-order valence-corrected chi connectivity index (χ1v) is 5.54. The first-order valence-electron chi connectivity index (χ1n) is 5.54. The summed E-state index contributed by atoms with van der Waals surface area (Å²) in [6.07, 6.45) is 2.14. The Morgan fingerprint density at radius 3 is 2.53 bits per heavy atom. The Morgan fingerprint density at radius 2 is 1.80 bits per heavy atom. The van der Waals surface area contributed by atoms with Crippen molar-refractivity contribution in [3.8, 4) is 0 Å². The van der Waals surface area contributed by atoms with E-state index in [1.54, 1.807) is 0 Å². The average Bonchev–Trinajstić information content (AvgIpc) is 2.29. The Hall–Kier alpha value is -0.860. The van der Waals surface area contributed by atoms with Gasteiger partial charge in [0.25, 0.3) is 0 Å². The smallest absolute Gasteiger partial charge is 0.0700 e. The molecule has 83 valence electrons. The van der Waals surface area contributed by atoms with Gasteiger partial charge in [-0.25, -0.2) is 0 Å². The van der Waals surface area contributed by atoms with Gasteiger partial charge in [-0.1, -0.05) is 24.3 Å². The molecule has 0 aromatic heterocycles. The Morgan fingerprint density at radius 1 is 1.07 bits per heavy atom. The maximum Gasteiger partial charge on any atom is 0.0700 e. The van der Waals surface area contributed by atoms with E-state index >= 15 is 0 Å². The molecule has 2 heteroatoms. The normalized spacial score (nSPS) is 10.5. The Labute approximate surface area is 92.2 Å². The molecule has 0 fully saturated rings. The van der Waals surface area contributed by atoms with Crippen LogP contribution in [0.5, 0.6) is 0 Å². The fourth-order valence-corrected chi connectivity index (χ4v) is 1.33. The van der Waals surface area contributed by atoms with Crippen molar-refractivity contribution in [1.82, 2.24) is 0 Å². The van der Waals surface area contributed by atoms with Crippen molar-refractivity contribution in [1.29, 1.82) is 0 Å². The van der Waals surface area contributed by atoms with Gasteiger partial charge in [-0.15, -0.1) is 0 Å². The third-order valence-corrected chi connectivity index (χ3v) is 2.12. The van der Waals surface area contributed by atoms with Crippen molar-refractivity contribution in [3.05, 3.63) is 35.9 Å². The van der Waals surface area contributed by atoms with Crippen molar-refractivity contribution in [2.75, 3.05) is 26.4 Å². The lowest BCUT2D eigenvalue weighted by Crippen LogP contribution is -2.05. The zero-order valence-corrected chi connectivity index (χ0v) is 9.37. The largest absolute Gasteiger partial charge is 0.379 e. The van der Waals surface area contributed by atoms with Gasteiger partial charge in [-0.2, -0.15) is 0 Å². The van der Waals surface area contributed by atoms with Crippen molar-refractivity contribution in [2.45, 2.75) is 19.8 Å². The number of hydrogen-bond acceptors (Lipinski definition) is 2. The lowest BCUT2D eigenvalue weighted by Gasteiger charge is -2.04. The van der Waals surface area contributed by atoms with Gasteiger partial charge in [0, 0.05) is 13.2 Å². The molecule has 0 saturated heterocycles. The van der Waals surface area contributed by atoms with Gasteiger partial charge >= 0.3 is 0 Å². The molecule has 15 heavy (non-hydrogen) atoms. The van der Waals surface area contributed by atoms with E-state index in [-0.39, 0.29) is 0 Å². The van der Waals surface area contributed by atoms with Crippen LogP contribution >= 0.6 is 0 Å². The number of benzene rings is 1. The summed E-state index contributed by atoms with van der Waals surface area (Å²) in [7, 11) is 0. The summed E-state index contributed by atoms with van der Waals surface area (Å²) in [4.78, 5) is 0. The van der Waals surface area contributed by atoms with Crippen LogP contribution in [-0.2, 0) is 15.9 Å². The third kappa shape index (κ3) is 6.26. The summed E-state index contributed by atoms with van der Waals surface area (Å²) < 4.78 is 10.6. The molecule has 0 aliphatic rings. The van der Waals surface area contributed by atoms with Crippen LogP contribution in [0.3, 0.4) is 0 Å². The lowest BCUT2D eigenvalue weighted by molar-refractivity contribution is 0.0520. The second-order valence-electron chi connectivity index (χ2n) is 3.32. The molecule has 2 nitrogen and oxygen atoms in total. The Kier molecular flexibility index (Phi) is 6.88. The average molecular weight is 207 g/mol. The molecule has 0 atom stereocenters. The molecule has 0 heterocycles. The van der Waals surface area contributed by atoms with Crippen LogP contribution in [0.15, 0.2) is 24.3 Å². The SMILES string of the molecule is CCOCCOCCCc1cc[c]cc1. The molecule has 1 aromatic carbocycles. The number of ether oxygens (including phenoxy) is 2. The molecule has 0 saturated carbocycles. The van der Waals surface area contributed by atoms with Crippen LogP contribution in [0.25, 0.3) is 0 Å². The van der Waals surface area contributed by atoms with E-state index in [0.29, 0.717) is 13.2 Å². The maximum absolute atomic E-state index is 5.42. The highest BCUT2D eigenvalue weighted by molar-refractivity contribution is 5.13. The minimum atomic E-state index is 0.705. The van der Waals surface area contributed by atoms with E-state index in [0.717, 1.165) is 26.1 Å². The van der Waals surface area contributed by atoms with E-state index in [4.69, 9.17) is 9.47 Å². The van der Waals surface area contributed by atoms with Crippen LogP contribution in [0.1, 0.15) is 18.9 Å². The predicted octanol–water partition coefficient (Wildman–Crippen LogP) is 2.47.